The minimum atomic E-state index is -3.80. The zero-order chi connectivity index (χ0) is 15.2. The van der Waals surface area contributed by atoms with Crippen molar-refractivity contribution in [3.05, 3.63) is 30.1 Å². The van der Waals surface area contributed by atoms with Gasteiger partial charge < -0.3 is 10.0 Å². The van der Waals surface area contributed by atoms with Crippen LogP contribution in [0.15, 0.2) is 29.2 Å². The minimum absolute atomic E-state index is 0.0804. The average molecular weight is 314 g/mol. The molecule has 2 heterocycles. The molecular formula is C13H15FN2O4S. The first-order valence-corrected chi connectivity index (χ1v) is 8.10. The summed E-state index contributed by atoms with van der Waals surface area (Å²) < 4.78 is 40.0. The van der Waals surface area contributed by atoms with Crippen molar-refractivity contribution in [1.82, 2.24) is 9.21 Å². The molecule has 1 aromatic carbocycles. The molecule has 1 aromatic rings. The highest BCUT2D eigenvalue weighted by Crippen LogP contribution is 2.35. The monoisotopic (exact) mass is 314 g/mol. The van der Waals surface area contributed by atoms with Gasteiger partial charge in [-0.3, -0.25) is 0 Å². The van der Waals surface area contributed by atoms with Crippen LogP contribution in [0.2, 0.25) is 0 Å². The number of sulfonamides is 1. The number of hydrogen-bond acceptors (Lipinski definition) is 3. The summed E-state index contributed by atoms with van der Waals surface area (Å²) in [6.07, 6.45) is 0.223. The Morgan fingerprint density at radius 2 is 1.86 bits per heavy atom. The Morgan fingerprint density at radius 1 is 1.24 bits per heavy atom. The van der Waals surface area contributed by atoms with Gasteiger partial charge >= 0.3 is 6.09 Å². The molecule has 2 aliphatic rings. The van der Waals surface area contributed by atoms with Crippen LogP contribution >= 0.6 is 0 Å². The Bertz CT molecular complexity index is 665. The molecule has 21 heavy (non-hydrogen) atoms. The molecule has 3 rings (SSSR count). The van der Waals surface area contributed by atoms with Gasteiger partial charge in [0, 0.05) is 25.2 Å². The third-order valence-corrected chi connectivity index (χ3v) is 6.06. The fourth-order valence-corrected chi connectivity index (χ4v) is 5.05. The van der Waals surface area contributed by atoms with Crippen molar-refractivity contribution < 1.29 is 22.7 Å². The van der Waals surface area contributed by atoms with Crippen LogP contribution < -0.4 is 0 Å². The molecule has 2 fully saturated rings. The highest BCUT2D eigenvalue weighted by molar-refractivity contribution is 7.89. The second kappa shape index (κ2) is 4.96. The highest BCUT2D eigenvalue weighted by Gasteiger charge is 2.47. The number of carboxylic acid groups (broad SMARTS) is 1. The zero-order valence-corrected chi connectivity index (χ0v) is 12.0. The summed E-state index contributed by atoms with van der Waals surface area (Å²) in [5.41, 5.74) is 0. The Labute approximate surface area is 121 Å². The molecule has 1 N–H and O–H groups in total. The van der Waals surface area contributed by atoms with Gasteiger partial charge in [-0.15, -0.1) is 0 Å². The maximum absolute atomic E-state index is 13.3. The number of nitrogens with zero attached hydrogens (tertiary/aromatic N) is 2. The molecule has 1 amide bonds. The predicted molar refractivity (Wildman–Crippen MR) is 71.8 cm³/mol. The second-order valence-electron chi connectivity index (χ2n) is 5.36. The van der Waals surface area contributed by atoms with E-state index in [0.717, 1.165) is 6.07 Å². The van der Waals surface area contributed by atoms with Crippen LogP contribution in [0.5, 0.6) is 0 Å². The molecule has 8 heteroatoms. The number of benzene rings is 1. The van der Waals surface area contributed by atoms with E-state index in [0.29, 0.717) is 12.8 Å². The van der Waals surface area contributed by atoms with E-state index in [1.807, 2.05) is 0 Å². The second-order valence-corrected chi connectivity index (χ2v) is 7.21. The molecule has 2 atom stereocenters. The van der Waals surface area contributed by atoms with Crippen molar-refractivity contribution in [2.24, 2.45) is 0 Å². The standard InChI is InChI=1S/C13H15FN2O4S/c14-9-2-1-3-12(6-9)21(19,20)16-10-4-5-11(16)8-15(7-10)13(17)18/h1-3,6,10-11H,4-5,7-8H2,(H,17,18). The lowest BCUT2D eigenvalue weighted by Crippen LogP contribution is -2.56. The van der Waals surface area contributed by atoms with E-state index >= 15 is 0 Å². The number of carbonyl (C=O) groups is 1. The lowest BCUT2D eigenvalue weighted by Gasteiger charge is -2.38. The molecular weight excluding hydrogens is 299 g/mol. The quantitative estimate of drug-likeness (QED) is 0.893. The van der Waals surface area contributed by atoms with E-state index in [1.165, 1.54) is 27.4 Å². The largest absolute Gasteiger partial charge is 0.465 e. The van der Waals surface area contributed by atoms with Gasteiger partial charge in [0.1, 0.15) is 5.82 Å². The predicted octanol–water partition coefficient (Wildman–Crippen LogP) is 1.34. The van der Waals surface area contributed by atoms with E-state index in [4.69, 9.17) is 5.11 Å². The molecule has 2 bridgehead atoms. The Morgan fingerprint density at radius 3 is 2.38 bits per heavy atom. The first kappa shape index (κ1) is 14.3. The van der Waals surface area contributed by atoms with Gasteiger partial charge in [-0.2, -0.15) is 4.31 Å². The Hall–Kier alpha value is -1.67. The SMILES string of the molecule is O=C(O)N1CC2CCC(C1)N2S(=O)(=O)c1cccc(F)c1. The maximum atomic E-state index is 13.3. The van der Waals surface area contributed by atoms with Crippen LogP contribution in [0.1, 0.15) is 12.8 Å². The molecule has 2 aliphatic heterocycles. The van der Waals surface area contributed by atoms with Gasteiger partial charge in [0.2, 0.25) is 10.0 Å². The molecule has 2 unspecified atom stereocenters. The van der Waals surface area contributed by atoms with Crippen molar-refractivity contribution >= 4 is 16.1 Å². The topological polar surface area (TPSA) is 77.9 Å². The normalized spacial score (nSPS) is 26.0. The number of amides is 1. The van der Waals surface area contributed by atoms with E-state index in [9.17, 15) is 17.6 Å². The van der Waals surface area contributed by atoms with Crippen LogP contribution in [-0.2, 0) is 10.0 Å². The fourth-order valence-electron chi connectivity index (χ4n) is 3.16. The minimum Gasteiger partial charge on any atom is -0.465 e. The van der Waals surface area contributed by atoms with Crippen LogP contribution in [0.4, 0.5) is 9.18 Å². The molecule has 0 saturated carbocycles. The van der Waals surface area contributed by atoms with Gasteiger partial charge in [-0.25, -0.2) is 17.6 Å². The van der Waals surface area contributed by atoms with E-state index in [-0.39, 0.29) is 30.1 Å². The number of piperazine rings is 1. The summed E-state index contributed by atoms with van der Waals surface area (Å²) in [4.78, 5) is 12.2. The lowest BCUT2D eigenvalue weighted by molar-refractivity contribution is 0.102. The molecule has 0 aliphatic carbocycles. The number of halogens is 1. The summed E-state index contributed by atoms with van der Waals surface area (Å²) >= 11 is 0. The van der Waals surface area contributed by atoms with Crippen molar-refractivity contribution in [2.75, 3.05) is 13.1 Å². The molecule has 0 spiro atoms. The summed E-state index contributed by atoms with van der Waals surface area (Å²) in [5, 5.41) is 9.05. The smallest absolute Gasteiger partial charge is 0.407 e. The highest BCUT2D eigenvalue weighted by atomic mass is 32.2. The van der Waals surface area contributed by atoms with Gasteiger partial charge in [0.05, 0.1) is 4.90 Å². The fraction of sp³-hybridized carbons (Fsp3) is 0.462. The molecule has 0 aromatic heterocycles. The van der Waals surface area contributed by atoms with Crippen molar-refractivity contribution in [1.29, 1.82) is 0 Å². The summed E-state index contributed by atoms with van der Waals surface area (Å²) in [5.74, 6) is -0.604. The average Bonchev–Trinajstić information content (AvgIpc) is 2.70. The zero-order valence-electron chi connectivity index (χ0n) is 11.1. The third kappa shape index (κ3) is 2.38. The molecule has 2 saturated heterocycles. The maximum Gasteiger partial charge on any atom is 0.407 e. The van der Waals surface area contributed by atoms with Gasteiger partial charge in [-0.1, -0.05) is 6.07 Å². The summed E-state index contributed by atoms with van der Waals surface area (Å²) in [6.45, 7) is 0.334. The summed E-state index contributed by atoms with van der Waals surface area (Å²) in [6, 6.07) is 4.18. The van der Waals surface area contributed by atoms with Crippen LogP contribution in [0, 0.1) is 5.82 Å². The van der Waals surface area contributed by atoms with Gasteiger partial charge in [0.15, 0.2) is 0 Å². The van der Waals surface area contributed by atoms with E-state index in [2.05, 4.69) is 0 Å². The first-order valence-electron chi connectivity index (χ1n) is 6.66. The van der Waals surface area contributed by atoms with Crippen molar-refractivity contribution in [3.63, 3.8) is 0 Å². The first-order chi connectivity index (χ1) is 9.89. The number of fused-ring (bicyclic) bond motifs is 2. The third-order valence-electron chi connectivity index (χ3n) is 4.06. The number of likely N-dealkylation sites (tertiary alicyclic amines) is 1. The van der Waals surface area contributed by atoms with E-state index in [1.54, 1.807) is 0 Å². The summed E-state index contributed by atoms with van der Waals surface area (Å²) in [7, 11) is -3.80. The van der Waals surface area contributed by atoms with E-state index < -0.39 is 21.9 Å². The molecule has 114 valence electrons. The number of rotatable bonds is 2. The molecule has 6 nitrogen and oxygen atoms in total. The Balaban J connectivity index is 1.93. The molecule has 0 radical (unpaired) electrons. The number of hydrogen-bond donors (Lipinski definition) is 1. The van der Waals surface area contributed by atoms with Crippen LogP contribution in [0.25, 0.3) is 0 Å². The Kier molecular flexibility index (Phi) is 3.37. The van der Waals surface area contributed by atoms with Crippen LogP contribution in [0.3, 0.4) is 0 Å². The lowest BCUT2D eigenvalue weighted by atomic mass is 10.2. The van der Waals surface area contributed by atoms with Gasteiger partial charge in [-0.05, 0) is 31.0 Å². The van der Waals surface area contributed by atoms with Crippen molar-refractivity contribution in [2.45, 2.75) is 29.8 Å². The van der Waals surface area contributed by atoms with Crippen LogP contribution in [-0.4, -0.2) is 54.0 Å². The van der Waals surface area contributed by atoms with Gasteiger partial charge in [0.25, 0.3) is 0 Å². The van der Waals surface area contributed by atoms with Crippen molar-refractivity contribution in [3.8, 4) is 0 Å².